The molecule has 0 aliphatic heterocycles. The molecule has 30 nitrogen and oxygen atoms in total. The number of ether oxygens (including phenoxy) is 10. The van der Waals surface area contributed by atoms with Gasteiger partial charge in [-0.15, -0.1) is 0 Å². The van der Waals surface area contributed by atoms with Crippen LogP contribution in [0.15, 0.2) is 25.3 Å². The molecule has 0 fully saturated rings. The highest BCUT2D eigenvalue weighted by Crippen LogP contribution is 2.49. The van der Waals surface area contributed by atoms with Gasteiger partial charge in [0.2, 0.25) is 27.2 Å². The van der Waals surface area contributed by atoms with E-state index in [1.54, 1.807) is 36.8 Å². The molecule has 0 aliphatic carbocycles. The molecule has 0 radical (unpaired) electrons. The number of anilines is 2. The number of fused-ring (bicyclic) bond motifs is 2. The van der Waals surface area contributed by atoms with E-state index in [1.165, 1.54) is 25.3 Å². The Labute approximate surface area is 407 Å². The molecule has 2 N–H and O–H groups in total. The highest BCUT2D eigenvalue weighted by Gasteiger charge is 2.29. The van der Waals surface area contributed by atoms with Crippen LogP contribution in [0.5, 0.6) is 0 Å². The van der Waals surface area contributed by atoms with Crippen LogP contribution in [0.1, 0.15) is 55.4 Å². The van der Waals surface area contributed by atoms with E-state index < -0.39 is 91.9 Å². The summed E-state index contributed by atoms with van der Waals surface area (Å²) in [5, 5.41) is 6.28. The van der Waals surface area contributed by atoms with Gasteiger partial charge in [0.25, 0.3) is 0 Å². The number of hydrogen-bond donors (Lipinski definition) is 2. The van der Waals surface area contributed by atoms with Crippen molar-refractivity contribution in [3.8, 4) is 0 Å². The molecule has 71 heavy (non-hydrogen) atoms. The van der Waals surface area contributed by atoms with Crippen LogP contribution in [-0.4, -0.2) is 149 Å². The van der Waals surface area contributed by atoms with Crippen molar-refractivity contribution in [3.63, 3.8) is 0 Å². The number of nitrogens with one attached hydrogen (secondary N) is 2. The summed E-state index contributed by atoms with van der Waals surface area (Å²) in [4.78, 5) is 73.4. The van der Waals surface area contributed by atoms with Gasteiger partial charge in [-0.1, -0.05) is 27.7 Å². The lowest BCUT2D eigenvalue weighted by Crippen LogP contribution is -2.17. The van der Waals surface area contributed by atoms with Crippen molar-refractivity contribution < 1.29 is 93.8 Å². The number of nitrogens with zero attached hydrogens (tertiary/aromatic N) is 8. The SMILES string of the molecule is CC(C)COC(=O)OCOP(=O)(COCCn1cnc2c(NCNc3ncnc4c3ncn4CCOCP(=O)(OCOC(=O)OCC(C)C)OCOC(=O)OC(C)C)ncnc21)OCOC(=O)OC(C)C. The highest BCUT2D eigenvalue weighted by molar-refractivity contribution is 7.53. The van der Waals surface area contributed by atoms with Crippen LogP contribution in [0.4, 0.5) is 30.8 Å². The Balaban J connectivity index is 1.28. The van der Waals surface area contributed by atoms with E-state index in [4.69, 9.17) is 65.5 Å². The molecule has 0 aliphatic rings. The lowest BCUT2D eigenvalue weighted by molar-refractivity contribution is -0.0340. The quantitative estimate of drug-likeness (QED) is 0.0175. The summed E-state index contributed by atoms with van der Waals surface area (Å²) >= 11 is 0. The van der Waals surface area contributed by atoms with Crippen molar-refractivity contribution in [2.45, 2.75) is 80.7 Å². The first-order valence-electron chi connectivity index (χ1n) is 21.8. The van der Waals surface area contributed by atoms with Gasteiger partial charge in [-0.25, -0.2) is 49.1 Å². The predicted octanol–water partition coefficient (Wildman–Crippen LogP) is 6.42. The summed E-state index contributed by atoms with van der Waals surface area (Å²) in [6.45, 7) is 11.1. The van der Waals surface area contributed by atoms with Crippen molar-refractivity contribution in [1.29, 1.82) is 0 Å². The number of carbonyl (C=O) groups excluding carboxylic acids is 4. The molecule has 32 heteroatoms. The average molecular weight is 1050 g/mol. The number of carbonyl (C=O) groups is 4. The number of aromatic nitrogens is 8. The minimum Gasteiger partial charge on any atom is -0.434 e. The molecule has 0 saturated carbocycles. The molecule has 0 bridgehead atoms. The second kappa shape index (κ2) is 29.4. The third-order valence-corrected chi connectivity index (χ3v) is 11.2. The molecule has 4 rings (SSSR count). The molecule has 0 aromatic carbocycles. The highest BCUT2D eigenvalue weighted by atomic mass is 31.2. The molecule has 0 spiro atoms. The fourth-order valence-corrected chi connectivity index (χ4v) is 7.09. The average Bonchev–Trinajstić information content (AvgIpc) is 3.92. The Kier molecular flexibility index (Phi) is 23.8. The van der Waals surface area contributed by atoms with E-state index >= 15 is 0 Å². The van der Waals surface area contributed by atoms with E-state index in [0.29, 0.717) is 34.0 Å². The smallest absolute Gasteiger partial charge is 0.434 e. The molecular formula is C39H60N10O20P2. The van der Waals surface area contributed by atoms with Gasteiger partial charge in [-0.3, -0.25) is 27.2 Å². The van der Waals surface area contributed by atoms with Crippen molar-refractivity contribution in [2.75, 3.05) is 83.6 Å². The van der Waals surface area contributed by atoms with Gasteiger partial charge >= 0.3 is 39.8 Å². The third kappa shape index (κ3) is 21.1. The zero-order valence-electron chi connectivity index (χ0n) is 40.4. The standard InChI is InChI=1S/C39H60N10O20P2/c1-26(2)13-58-36(50)60-20-64-70(54,66-22-62-38(52)68-28(5)6)24-56-11-9-48-18-46-30-32(42-16-44-34(30)48)40-15-41-33-31-35(45-17-43-33)49(19-47-31)10-12-57-25-71(55,67-23-63-39(53)69-29(7)8)65-21-61-37(51)59-14-27(3)4/h16-19,26-29H,9-15,20-25H2,1-8H3,(H,40,42,44)(H,41,43,45). The van der Waals surface area contributed by atoms with Crippen LogP contribution < -0.4 is 10.6 Å². The third-order valence-electron chi connectivity index (χ3n) is 8.20. The molecule has 2 atom stereocenters. The normalized spacial score (nSPS) is 13.2. The first kappa shape index (κ1) is 57.6. The fraction of sp³-hybridized carbons (Fsp3) is 0.641. The largest absolute Gasteiger partial charge is 0.510 e. The Morgan fingerprint density at radius 3 is 1.24 bits per heavy atom. The van der Waals surface area contributed by atoms with Crippen LogP contribution in [-0.2, 0) is 87.7 Å². The van der Waals surface area contributed by atoms with Crippen LogP contribution in [0.25, 0.3) is 22.3 Å². The first-order valence-corrected chi connectivity index (χ1v) is 25.3. The zero-order chi connectivity index (χ0) is 51.8. The van der Waals surface area contributed by atoms with Crippen molar-refractivity contribution in [3.05, 3.63) is 25.3 Å². The van der Waals surface area contributed by atoms with Crippen LogP contribution in [0.3, 0.4) is 0 Å². The zero-order valence-corrected chi connectivity index (χ0v) is 42.2. The van der Waals surface area contributed by atoms with Crippen LogP contribution in [0, 0.1) is 11.8 Å². The van der Waals surface area contributed by atoms with E-state index in [9.17, 15) is 28.3 Å². The monoisotopic (exact) mass is 1050 g/mol. The number of imidazole rings is 2. The van der Waals surface area contributed by atoms with Gasteiger partial charge in [0.05, 0.1) is 58.0 Å². The Morgan fingerprint density at radius 2 is 0.887 bits per heavy atom. The lowest BCUT2D eigenvalue weighted by atomic mass is 10.2. The summed E-state index contributed by atoms with van der Waals surface area (Å²) in [6, 6.07) is 0. The lowest BCUT2D eigenvalue weighted by Gasteiger charge is -2.18. The molecule has 0 saturated heterocycles. The molecule has 4 aromatic heterocycles. The predicted molar refractivity (Wildman–Crippen MR) is 243 cm³/mol. The van der Waals surface area contributed by atoms with Gasteiger partial charge in [0.15, 0.2) is 22.9 Å². The summed E-state index contributed by atoms with van der Waals surface area (Å²) in [5.74, 6) is 0.837. The summed E-state index contributed by atoms with van der Waals surface area (Å²) in [5.41, 5.74) is 1.69. The van der Waals surface area contributed by atoms with Gasteiger partial charge in [0, 0.05) is 13.1 Å². The summed E-state index contributed by atoms with van der Waals surface area (Å²) < 4.78 is 101. The maximum absolute atomic E-state index is 13.4. The maximum Gasteiger partial charge on any atom is 0.510 e. The van der Waals surface area contributed by atoms with Gasteiger partial charge in [-0.05, 0) is 39.5 Å². The maximum atomic E-state index is 13.4. The molecular weight excluding hydrogens is 990 g/mol. The van der Waals surface area contributed by atoms with Crippen molar-refractivity contribution in [2.24, 2.45) is 11.8 Å². The van der Waals surface area contributed by atoms with Crippen molar-refractivity contribution >= 4 is 73.8 Å². The van der Waals surface area contributed by atoms with E-state index in [0.717, 1.165) is 0 Å². The Hall–Kier alpha value is -6.00. The van der Waals surface area contributed by atoms with E-state index in [2.05, 4.69) is 40.5 Å². The van der Waals surface area contributed by atoms with Gasteiger partial charge in [0.1, 0.15) is 36.4 Å². The summed E-state index contributed by atoms with van der Waals surface area (Å²) in [7, 11) is -8.34. The van der Waals surface area contributed by atoms with E-state index in [-0.39, 0.29) is 58.0 Å². The van der Waals surface area contributed by atoms with E-state index in [1.807, 2.05) is 27.7 Å². The number of rotatable bonds is 32. The molecule has 2 unspecified atom stereocenters. The number of hydrogen-bond acceptors (Lipinski definition) is 28. The van der Waals surface area contributed by atoms with Crippen molar-refractivity contribution in [1.82, 2.24) is 39.0 Å². The second-order valence-corrected chi connectivity index (χ2v) is 19.8. The summed E-state index contributed by atoms with van der Waals surface area (Å²) in [6.07, 6.45) is -0.742. The van der Waals surface area contributed by atoms with Crippen LogP contribution >= 0.6 is 15.2 Å². The second-order valence-electron chi connectivity index (χ2n) is 15.8. The first-order chi connectivity index (χ1) is 33.8. The fourth-order valence-electron chi connectivity index (χ4n) is 5.09. The minimum absolute atomic E-state index is 0.0445. The van der Waals surface area contributed by atoms with Gasteiger partial charge < -0.3 is 67.1 Å². The molecule has 396 valence electrons. The Morgan fingerprint density at radius 1 is 0.521 bits per heavy atom. The molecule has 4 heterocycles. The minimum atomic E-state index is -4.17. The molecule has 4 aromatic rings. The Bertz CT molecular complexity index is 2240. The van der Waals surface area contributed by atoms with Crippen LogP contribution in [0.2, 0.25) is 0 Å². The van der Waals surface area contributed by atoms with Gasteiger partial charge in [-0.2, -0.15) is 0 Å². The topological polar surface area (TPSA) is 343 Å². The molecule has 0 amide bonds.